The number of aliphatic carboxylic acids is 1. The molecule has 1 saturated heterocycles. The number of aliphatic hydroxyl groups is 3. The molecule has 0 radical (unpaired) electrons. The van der Waals surface area contributed by atoms with E-state index in [1.807, 2.05) is 6.08 Å². The number of ether oxygens (including phenoxy) is 2. The molecule has 29 heavy (non-hydrogen) atoms. The van der Waals surface area contributed by atoms with E-state index < -0.39 is 42.6 Å². The van der Waals surface area contributed by atoms with E-state index in [2.05, 4.69) is 20.8 Å². The van der Waals surface area contributed by atoms with Crippen LogP contribution in [0.25, 0.3) is 0 Å². The molecule has 0 aromatic rings. The average molecular weight is 410 g/mol. The second-order valence-electron chi connectivity index (χ2n) is 10.1. The normalized spacial score (nSPS) is 48.0. The molecule has 8 heteroatoms. The Kier molecular flexibility index (Phi) is 4.85. The molecule has 1 spiro atoms. The van der Waals surface area contributed by atoms with Crippen molar-refractivity contribution in [3.63, 3.8) is 0 Å². The highest BCUT2D eigenvalue weighted by Gasteiger charge is 2.64. The van der Waals surface area contributed by atoms with E-state index in [9.17, 15) is 24.9 Å². The molecule has 8 nitrogen and oxygen atoms in total. The van der Waals surface area contributed by atoms with Crippen LogP contribution in [0.5, 0.6) is 0 Å². The summed E-state index contributed by atoms with van der Waals surface area (Å²) in [6.07, 6.45) is -2.82. The molecule has 2 saturated carbocycles. The third-order valence-electron chi connectivity index (χ3n) is 7.73. The van der Waals surface area contributed by atoms with Crippen LogP contribution >= 0.6 is 0 Å². The van der Waals surface area contributed by atoms with Gasteiger partial charge in [-0.25, -0.2) is 9.59 Å². The molecule has 4 rings (SSSR count). The third kappa shape index (κ3) is 3.03. The third-order valence-corrected chi connectivity index (χ3v) is 7.73. The summed E-state index contributed by atoms with van der Waals surface area (Å²) in [5.74, 6) is -1.30. The zero-order valence-electron chi connectivity index (χ0n) is 16.9. The van der Waals surface area contributed by atoms with Gasteiger partial charge in [0.1, 0.15) is 18.3 Å². The van der Waals surface area contributed by atoms with Crippen molar-refractivity contribution in [2.45, 2.75) is 77.2 Å². The monoisotopic (exact) mass is 410 g/mol. The molecule has 1 heterocycles. The van der Waals surface area contributed by atoms with Crippen LogP contribution in [-0.2, 0) is 19.1 Å². The highest BCUT2D eigenvalue weighted by molar-refractivity contribution is 5.90. The summed E-state index contributed by atoms with van der Waals surface area (Å²) >= 11 is 0. The zero-order valence-corrected chi connectivity index (χ0v) is 16.9. The molecule has 3 aliphatic carbocycles. The summed E-state index contributed by atoms with van der Waals surface area (Å²) in [4.78, 5) is 24.2. The SMILES string of the molecule is C[C@@H]1CC[C@H]2C(C(=O)O[C@H]3O[C@@H](C(=O)O)[C@H](O)[C@@H](O)[C@@H]3O)=C[C@@H]3CC(C)(C)C[C@@]132. The fourth-order valence-electron chi connectivity index (χ4n) is 6.56. The molecule has 0 aromatic carbocycles. The average Bonchev–Trinajstić information content (AvgIpc) is 3.19. The molecule has 0 amide bonds. The molecule has 3 fully saturated rings. The first-order valence-corrected chi connectivity index (χ1v) is 10.3. The van der Waals surface area contributed by atoms with Crippen molar-refractivity contribution < 1.29 is 39.5 Å². The number of hydrogen-bond donors (Lipinski definition) is 4. The molecular formula is C21H30O8. The molecule has 4 N–H and O–H groups in total. The van der Waals surface area contributed by atoms with Crippen LogP contribution in [0.15, 0.2) is 11.6 Å². The van der Waals surface area contributed by atoms with Crippen LogP contribution in [0.1, 0.15) is 46.5 Å². The van der Waals surface area contributed by atoms with E-state index >= 15 is 0 Å². The van der Waals surface area contributed by atoms with Gasteiger partial charge in [-0.15, -0.1) is 0 Å². The summed E-state index contributed by atoms with van der Waals surface area (Å²) < 4.78 is 10.4. The lowest BCUT2D eigenvalue weighted by Crippen LogP contribution is -2.60. The maximum absolute atomic E-state index is 13.0. The van der Waals surface area contributed by atoms with Crippen LogP contribution in [0, 0.1) is 28.6 Å². The first kappa shape index (κ1) is 20.8. The maximum atomic E-state index is 13.0. The topological polar surface area (TPSA) is 134 Å². The molecular weight excluding hydrogens is 380 g/mol. The van der Waals surface area contributed by atoms with E-state index in [1.54, 1.807) is 0 Å². The van der Waals surface area contributed by atoms with Gasteiger partial charge in [0.15, 0.2) is 6.10 Å². The molecule has 0 aromatic heterocycles. The van der Waals surface area contributed by atoms with Gasteiger partial charge in [-0.05, 0) is 54.3 Å². The van der Waals surface area contributed by atoms with Crippen LogP contribution in [0.3, 0.4) is 0 Å². The Bertz CT molecular complexity index is 745. The van der Waals surface area contributed by atoms with Crippen LogP contribution < -0.4 is 0 Å². The van der Waals surface area contributed by atoms with E-state index in [0.29, 0.717) is 17.4 Å². The van der Waals surface area contributed by atoms with Gasteiger partial charge in [0, 0.05) is 5.57 Å². The lowest BCUT2D eigenvalue weighted by Gasteiger charge is -2.39. The van der Waals surface area contributed by atoms with Gasteiger partial charge >= 0.3 is 11.9 Å². The van der Waals surface area contributed by atoms with Crippen molar-refractivity contribution in [1.82, 2.24) is 0 Å². The minimum absolute atomic E-state index is 0.0448. The predicted octanol–water partition coefficient (Wildman–Crippen LogP) is 0.830. The number of carboxylic acid groups (broad SMARTS) is 1. The van der Waals surface area contributed by atoms with E-state index in [0.717, 1.165) is 25.7 Å². The van der Waals surface area contributed by atoms with Crippen molar-refractivity contribution in [2.75, 3.05) is 0 Å². The number of hydrogen-bond acceptors (Lipinski definition) is 7. The smallest absolute Gasteiger partial charge is 0.336 e. The predicted molar refractivity (Wildman–Crippen MR) is 99.3 cm³/mol. The highest BCUT2D eigenvalue weighted by atomic mass is 16.7. The lowest BCUT2D eigenvalue weighted by atomic mass is 9.67. The summed E-state index contributed by atoms with van der Waals surface area (Å²) in [6.45, 7) is 6.78. The first-order valence-electron chi connectivity index (χ1n) is 10.3. The van der Waals surface area contributed by atoms with Gasteiger partial charge < -0.3 is 29.9 Å². The highest BCUT2D eigenvalue weighted by Crippen LogP contribution is 2.70. The standard InChI is InChI=1S/C21H30O8/c1-9-4-5-12-11(6-10-7-20(2,3)8-21(9,10)12)18(27)29-19-15(24)13(22)14(23)16(28-19)17(25)26/h6,9-10,12-16,19,22-24H,4-5,7-8H2,1-3H3,(H,25,26)/t9-,10-,12+,13-,14-,15+,16-,19-,21-/m1/s1. The van der Waals surface area contributed by atoms with E-state index in [1.165, 1.54) is 0 Å². The summed E-state index contributed by atoms with van der Waals surface area (Å²) in [7, 11) is 0. The van der Waals surface area contributed by atoms with Gasteiger partial charge in [-0.1, -0.05) is 26.8 Å². The van der Waals surface area contributed by atoms with Crippen LogP contribution in [0.4, 0.5) is 0 Å². The second kappa shape index (κ2) is 6.77. The fraction of sp³-hybridized carbons (Fsp3) is 0.810. The van der Waals surface area contributed by atoms with Gasteiger partial charge in [0.05, 0.1) is 0 Å². The van der Waals surface area contributed by atoms with Crippen molar-refractivity contribution in [1.29, 1.82) is 0 Å². The summed E-state index contributed by atoms with van der Waals surface area (Å²) in [6, 6.07) is 0. The molecule has 162 valence electrons. The quantitative estimate of drug-likeness (QED) is 0.503. The number of carboxylic acids is 1. The Morgan fingerprint density at radius 3 is 2.48 bits per heavy atom. The van der Waals surface area contributed by atoms with E-state index in [-0.39, 0.29) is 16.7 Å². The Hall–Kier alpha value is -1.48. The number of aliphatic hydroxyl groups excluding tert-OH is 3. The molecule has 9 atom stereocenters. The number of carbonyl (C=O) groups excluding carboxylic acids is 1. The zero-order chi connectivity index (χ0) is 21.3. The van der Waals surface area contributed by atoms with Crippen molar-refractivity contribution in [3.05, 3.63) is 11.6 Å². The molecule has 0 unspecified atom stereocenters. The summed E-state index contributed by atoms with van der Waals surface area (Å²) in [5.41, 5.74) is 0.826. The Morgan fingerprint density at radius 1 is 1.14 bits per heavy atom. The van der Waals surface area contributed by atoms with Crippen molar-refractivity contribution in [2.24, 2.45) is 28.6 Å². The van der Waals surface area contributed by atoms with Crippen LogP contribution in [0.2, 0.25) is 0 Å². The Morgan fingerprint density at radius 2 is 1.83 bits per heavy atom. The summed E-state index contributed by atoms with van der Waals surface area (Å²) in [5, 5.41) is 39.0. The minimum atomic E-state index is -1.82. The fourth-order valence-corrected chi connectivity index (χ4v) is 6.56. The Labute approximate surface area is 169 Å². The molecule has 0 bridgehead atoms. The van der Waals surface area contributed by atoms with Gasteiger partial charge in [0.25, 0.3) is 0 Å². The number of carbonyl (C=O) groups is 2. The Balaban J connectivity index is 1.54. The van der Waals surface area contributed by atoms with Gasteiger partial charge in [-0.3, -0.25) is 0 Å². The lowest BCUT2D eigenvalue weighted by molar-refractivity contribution is -0.285. The molecule has 4 aliphatic rings. The maximum Gasteiger partial charge on any atom is 0.336 e. The molecule has 1 aliphatic heterocycles. The van der Waals surface area contributed by atoms with Crippen molar-refractivity contribution in [3.8, 4) is 0 Å². The first-order chi connectivity index (χ1) is 13.5. The number of allylic oxidation sites excluding steroid dienone is 1. The largest absolute Gasteiger partial charge is 0.479 e. The number of esters is 1. The van der Waals surface area contributed by atoms with Crippen molar-refractivity contribution >= 4 is 11.9 Å². The van der Waals surface area contributed by atoms with Crippen LogP contribution in [-0.4, -0.2) is 63.1 Å². The number of rotatable bonds is 3. The van der Waals surface area contributed by atoms with E-state index in [4.69, 9.17) is 14.6 Å². The van der Waals surface area contributed by atoms with Gasteiger partial charge in [-0.2, -0.15) is 0 Å². The minimum Gasteiger partial charge on any atom is -0.479 e. The second-order valence-corrected chi connectivity index (χ2v) is 10.1. The van der Waals surface area contributed by atoms with Gasteiger partial charge in [0.2, 0.25) is 6.29 Å².